The van der Waals surface area contributed by atoms with Crippen LogP contribution < -0.4 is 10.1 Å². The Balaban J connectivity index is 1.70. The molecular formula is C19H28F3N3O2. The summed E-state index contributed by atoms with van der Waals surface area (Å²) in [4.78, 5) is 16.4. The van der Waals surface area contributed by atoms with Crippen molar-refractivity contribution in [2.45, 2.75) is 33.0 Å². The van der Waals surface area contributed by atoms with Crippen molar-refractivity contribution in [3.05, 3.63) is 29.8 Å². The van der Waals surface area contributed by atoms with Crippen LogP contribution in [-0.2, 0) is 6.54 Å². The minimum absolute atomic E-state index is 0.115. The first kappa shape index (κ1) is 21.3. The maximum Gasteiger partial charge on any atom is 0.422 e. The lowest BCUT2D eigenvalue weighted by molar-refractivity contribution is -0.153. The molecule has 1 saturated heterocycles. The molecule has 0 saturated carbocycles. The molecule has 0 radical (unpaired) electrons. The van der Waals surface area contributed by atoms with Crippen molar-refractivity contribution in [1.29, 1.82) is 0 Å². The molecule has 1 aromatic carbocycles. The molecule has 1 aliphatic heterocycles. The number of alkyl halides is 3. The van der Waals surface area contributed by atoms with E-state index in [0.29, 0.717) is 25.6 Å². The number of rotatable bonds is 7. The monoisotopic (exact) mass is 387 g/mol. The Morgan fingerprint density at radius 1 is 1.15 bits per heavy atom. The molecule has 2 amide bonds. The van der Waals surface area contributed by atoms with E-state index in [1.807, 2.05) is 0 Å². The van der Waals surface area contributed by atoms with E-state index in [-0.39, 0.29) is 11.8 Å². The third-order valence-electron chi connectivity index (χ3n) is 4.45. The lowest BCUT2D eigenvalue weighted by Gasteiger charge is -2.35. The summed E-state index contributed by atoms with van der Waals surface area (Å²) in [6, 6.07) is 6.13. The smallest absolute Gasteiger partial charge is 0.422 e. The number of ether oxygens (including phenoxy) is 1. The first-order chi connectivity index (χ1) is 12.7. The molecular weight excluding hydrogens is 359 g/mol. The average Bonchev–Trinajstić information content (AvgIpc) is 2.63. The van der Waals surface area contributed by atoms with Crippen molar-refractivity contribution in [1.82, 2.24) is 15.1 Å². The minimum Gasteiger partial charge on any atom is -0.484 e. The molecule has 5 nitrogen and oxygen atoms in total. The van der Waals surface area contributed by atoms with Crippen molar-refractivity contribution >= 4 is 6.03 Å². The number of carbonyl (C=O) groups excluding carboxylic acids is 1. The van der Waals surface area contributed by atoms with Crippen LogP contribution in [-0.4, -0.2) is 61.3 Å². The number of benzene rings is 1. The first-order valence-electron chi connectivity index (χ1n) is 9.26. The van der Waals surface area contributed by atoms with E-state index in [9.17, 15) is 18.0 Å². The first-order valence-corrected chi connectivity index (χ1v) is 9.26. The highest BCUT2D eigenvalue weighted by molar-refractivity contribution is 5.74. The van der Waals surface area contributed by atoms with E-state index in [0.717, 1.165) is 31.6 Å². The largest absolute Gasteiger partial charge is 0.484 e. The fourth-order valence-electron chi connectivity index (χ4n) is 2.77. The average molecular weight is 387 g/mol. The highest BCUT2D eigenvalue weighted by Crippen LogP contribution is 2.18. The number of amides is 2. The molecule has 152 valence electrons. The lowest BCUT2D eigenvalue weighted by Crippen LogP contribution is -2.51. The number of nitrogens with one attached hydrogen (secondary N) is 1. The molecule has 0 bridgehead atoms. The molecule has 0 aromatic heterocycles. The van der Waals surface area contributed by atoms with Crippen LogP contribution in [0.25, 0.3) is 0 Å². The Kier molecular flexibility index (Phi) is 7.77. The zero-order chi connectivity index (χ0) is 19.9. The number of piperazine rings is 1. The van der Waals surface area contributed by atoms with Crippen LogP contribution in [0.3, 0.4) is 0 Å². The van der Waals surface area contributed by atoms with Gasteiger partial charge in [0.25, 0.3) is 0 Å². The lowest BCUT2D eigenvalue weighted by atomic mass is 10.1. The summed E-state index contributed by atoms with van der Waals surface area (Å²) >= 11 is 0. The van der Waals surface area contributed by atoms with Crippen LogP contribution in [0.4, 0.5) is 18.0 Å². The van der Waals surface area contributed by atoms with Crippen molar-refractivity contribution in [2.24, 2.45) is 5.92 Å². The second kappa shape index (κ2) is 9.82. The fraction of sp³-hybridized carbons (Fsp3) is 0.632. The van der Waals surface area contributed by atoms with E-state index in [4.69, 9.17) is 0 Å². The molecule has 0 unspecified atom stereocenters. The number of hydrogen-bond acceptors (Lipinski definition) is 3. The summed E-state index contributed by atoms with van der Waals surface area (Å²) < 4.78 is 41.1. The molecule has 1 aliphatic rings. The summed E-state index contributed by atoms with van der Waals surface area (Å²) in [6.45, 7) is 7.66. The van der Waals surface area contributed by atoms with Gasteiger partial charge >= 0.3 is 12.2 Å². The molecule has 1 N–H and O–H groups in total. The molecule has 0 aliphatic carbocycles. The third kappa shape index (κ3) is 8.07. The zero-order valence-electron chi connectivity index (χ0n) is 15.9. The SMILES string of the molecule is CC(C)CCN1CCN(C(=O)NCc2ccc(OCC(F)(F)F)cc2)CC1. The number of carbonyl (C=O) groups is 1. The van der Waals surface area contributed by atoms with E-state index in [2.05, 4.69) is 28.8 Å². The van der Waals surface area contributed by atoms with Gasteiger partial charge in [-0.2, -0.15) is 13.2 Å². The summed E-state index contributed by atoms with van der Waals surface area (Å²) in [5.41, 5.74) is 0.804. The van der Waals surface area contributed by atoms with Gasteiger partial charge in [-0.3, -0.25) is 4.90 Å². The molecule has 1 heterocycles. The van der Waals surface area contributed by atoms with Gasteiger partial charge in [-0.15, -0.1) is 0 Å². The molecule has 0 atom stereocenters. The second-order valence-corrected chi connectivity index (χ2v) is 7.22. The highest BCUT2D eigenvalue weighted by Gasteiger charge is 2.28. The van der Waals surface area contributed by atoms with Gasteiger partial charge < -0.3 is 15.0 Å². The van der Waals surface area contributed by atoms with Gasteiger partial charge in [-0.25, -0.2) is 4.79 Å². The second-order valence-electron chi connectivity index (χ2n) is 7.22. The van der Waals surface area contributed by atoms with Crippen LogP contribution in [0.2, 0.25) is 0 Å². The Labute approximate surface area is 158 Å². The molecule has 1 fully saturated rings. The van der Waals surface area contributed by atoms with Gasteiger partial charge in [-0.05, 0) is 36.6 Å². The van der Waals surface area contributed by atoms with Gasteiger partial charge in [0.2, 0.25) is 0 Å². The number of nitrogens with zero attached hydrogens (tertiary/aromatic N) is 2. The summed E-state index contributed by atoms with van der Waals surface area (Å²) in [5.74, 6) is 0.830. The van der Waals surface area contributed by atoms with Gasteiger partial charge in [0.1, 0.15) is 5.75 Å². The zero-order valence-corrected chi connectivity index (χ0v) is 15.9. The fourth-order valence-corrected chi connectivity index (χ4v) is 2.77. The molecule has 8 heteroatoms. The number of halogens is 3. The Morgan fingerprint density at radius 3 is 2.33 bits per heavy atom. The van der Waals surface area contributed by atoms with Gasteiger partial charge in [0.05, 0.1) is 0 Å². The van der Waals surface area contributed by atoms with Gasteiger partial charge in [0.15, 0.2) is 6.61 Å². The van der Waals surface area contributed by atoms with Gasteiger partial charge in [0, 0.05) is 32.7 Å². The summed E-state index contributed by atoms with van der Waals surface area (Å²) in [6.07, 6.45) is -3.19. The standard InChI is InChI=1S/C19H28F3N3O2/c1-15(2)7-8-24-9-11-25(12-10-24)18(26)23-13-16-3-5-17(6-4-16)27-14-19(20,21)22/h3-6,15H,7-14H2,1-2H3,(H,23,26). The summed E-state index contributed by atoms with van der Waals surface area (Å²) in [7, 11) is 0. The normalized spacial score (nSPS) is 15.9. The Bertz CT molecular complexity index is 583. The van der Waals surface area contributed by atoms with Crippen LogP contribution in [0.1, 0.15) is 25.8 Å². The van der Waals surface area contributed by atoms with E-state index in [1.165, 1.54) is 12.1 Å². The maximum absolute atomic E-state index is 12.3. The summed E-state index contributed by atoms with van der Waals surface area (Å²) in [5, 5.41) is 2.86. The van der Waals surface area contributed by atoms with E-state index >= 15 is 0 Å². The topological polar surface area (TPSA) is 44.8 Å². The van der Waals surface area contributed by atoms with Crippen LogP contribution >= 0.6 is 0 Å². The predicted octanol–water partition coefficient (Wildman–Crippen LogP) is 3.50. The Morgan fingerprint density at radius 2 is 1.78 bits per heavy atom. The van der Waals surface area contributed by atoms with Crippen molar-refractivity contribution in [3.63, 3.8) is 0 Å². The molecule has 2 rings (SSSR count). The predicted molar refractivity (Wildman–Crippen MR) is 97.7 cm³/mol. The third-order valence-corrected chi connectivity index (χ3v) is 4.45. The van der Waals surface area contributed by atoms with Crippen LogP contribution in [0.5, 0.6) is 5.75 Å². The van der Waals surface area contributed by atoms with E-state index < -0.39 is 12.8 Å². The van der Waals surface area contributed by atoms with Gasteiger partial charge in [-0.1, -0.05) is 26.0 Å². The highest BCUT2D eigenvalue weighted by atomic mass is 19.4. The molecule has 1 aromatic rings. The van der Waals surface area contributed by atoms with Crippen molar-refractivity contribution < 1.29 is 22.7 Å². The van der Waals surface area contributed by atoms with Crippen LogP contribution in [0, 0.1) is 5.92 Å². The molecule has 27 heavy (non-hydrogen) atoms. The quantitative estimate of drug-likeness (QED) is 0.779. The van der Waals surface area contributed by atoms with Crippen LogP contribution in [0.15, 0.2) is 24.3 Å². The Hall–Kier alpha value is -1.96. The number of hydrogen-bond donors (Lipinski definition) is 1. The molecule has 0 spiro atoms. The van der Waals surface area contributed by atoms with Crippen molar-refractivity contribution in [2.75, 3.05) is 39.3 Å². The number of urea groups is 1. The van der Waals surface area contributed by atoms with Crippen molar-refractivity contribution in [3.8, 4) is 5.75 Å². The van der Waals surface area contributed by atoms with E-state index in [1.54, 1.807) is 17.0 Å². The maximum atomic E-state index is 12.3. The minimum atomic E-state index is -4.36.